The van der Waals surface area contributed by atoms with Crippen molar-refractivity contribution >= 4 is 43.1 Å². The van der Waals surface area contributed by atoms with Crippen LogP contribution in [0.2, 0.25) is 0 Å². The fourth-order valence-corrected chi connectivity index (χ4v) is 8.47. The number of fused-ring (bicyclic) bond motifs is 5. The van der Waals surface area contributed by atoms with E-state index in [4.69, 9.17) is 9.97 Å². The van der Waals surface area contributed by atoms with Gasteiger partial charge in [0.2, 0.25) is 0 Å². The lowest BCUT2D eigenvalue weighted by Gasteiger charge is -2.14. The second kappa shape index (κ2) is 14.1. The average molecular weight is 737 g/mol. The van der Waals surface area contributed by atoms with Crippen LogP contribution in [0.25, 0.3) is 110 Å². The lowest BCUT2D eigenvalue weighted by molar-refractivity contribution is 1.18. The van der Waals surface area contributed by atoms with Crippen LogP contribution in [-0.4, -0.2) is 9.97 Å². The molecule has 58 heavy (non-hydrogen) atoms. The Balaban J connectivity index is 0.942. The van der Waals surface area contributed by atoms with Crippen LogP contribution in [-0.2, 0) is 0 Å². The van der Waals surface area contributed by atoms with E-state index in [1.807, 2.05) is 24.3 Å². The third-order valence-corrected chi connectivity index (χ3v) is 11.5. The summed E-state index contributed by atoms with van der Waals surface area (Å²) < 4.78 is 0. The first-order valence-corrected chi connectivity index (χ1v) is 19.8. The quantitative estimate of drug-likeness (QED) is 0.125. The number of aromatic nitrogens is 2. The highest BCUT2D eigenvalue weighted by Crippen LogP contribution is 2.40. The van der Waals surface area contributed by atoms with Crippen LogP contribution in [0.15, 0.2) is 218 Å². The van der Waals surface area contributed by atoms with Gasteiger partial charge in [-0.3, -0.25) is 0 Å². The van der Waals surface area contributed by atoms with Gasteiger partial charge in [0.25, 0.3) is 0 Å². The molecule has 270 valence electrons. The Bertz CT molecular complexity index is 3300. The van der Waals surface area contributed by atoms with Crippen molar-refractivity contribution in [3.63, 3.8) is 0 Å². The number of rotatable bonds is 6. The Hall–Kier alpha value is -7.68. The number of benzene rings is 10. The van der Waals surface area contributed by atoms with E-state index in [0.717, 1.165) is 28.1 Å². The molecule has 0 aliphatic rings. The van der Waals surface area contributed by atoms with E-state index in [2.05, 4.69) is 194 Å². The average Bonchev–Trinajstić information content (AvgIpc) is 3.31. The lowest BCUT2D eigenvalue weighted by Crippen LogP contribution is -1.96. The van der Waals surface area contributed by atoms with Crippen molar-refractivity contribution in [3.05, 3.63) is 218 Å². The van der Waals surface area contributed by atoms with Crippen molar-refractivity contribution in [2.75, 3.05) is 0 Å². The normalized spacial score (nSPS) is 11.4. The summed E-state index contributed by atoms with van der Waals surface area (Å²) in [4.78, 5) is 10.2. The molecule has 11 rings (SSSR count). The Kier molecular flexibility index (Phi) is 8.19. The fraction of sp³-hybridized carbons (Fsp3) is 0. The Labute approximate surface area is 337 Å². The summed E-state index contributed by atoms with van der Waals surface area (Å²) in [6, 6.07) is 78.3. The first kappa shape index (κ1) is 33.6. The van der Waals surface area contributed by atoms with Gasteiger partial charge in [0.15, 0.2) is 5.82 Å². The molecule has 11 aromatic rings. The highest BCUT2D eigenvalue weighted by atomic mass is 14.9. The maximum Gasteiger partial charge on any atom is 0.160 e. The molecule has 0 aliphatic carbocycles. The van der Waals surface area contributed by atoms with Gasteiger partial charge < -0.3 is 0 Å². The molecule has 0 atom stereocenters. The molecule has 10 aromatic carbocycles. The molecule has 0 aliphatic heterocycles. The molecule has 0 radical (unpaired) electrons. The van der Waals surface area contributed by atoms with E-state index in [9.17, 15) is 0 Å². The van der Waals surface area contributed by atoms with Gasteiger partial charge in [-0.15, -0.1) is 0 Å². The highest BCUT2D eigenvalue weighted by molar-refractivity contribution is 6.20. The zero-order chi connectivity index (χ0) is 38.4. The summed E-state index contributed by atoms with van der Waals surface area (Å²) in [7, 11) is 0. The molecule has 0 amide bonds. The molecule has 0 fully saturated rings. The second-order valence-electron chi connectivity index (χ2n) is 15.0. The summed E-state index contributed by atoms with van der Waals surface area (Å²) in [5.74, 6) is 0.712. The summed E-state index contributed by atoms with van der Waals surface area (Å²) in [6.45, 7) is 0. The minimum atomic E-state index is 0.712. The molecule has 0 N–H and O–H groups in total. The maximum absolute atomic E-state index is 5.11. The third kappa shape index (κ3) is 6.09. The van der Waals surface area contributed by atoms with Crippen LogP contribution >= 0.6 is 0 Å². The molecule has 1 aromatic heterocycles. The van der Waals surface area contributed by atoms with Gasteiger partial charge in [-0.2, -0.15) is 0 Å². The van der Waals surface area contributed by atoms with E-state index >= 15 is 0 Å². The predicted octanol–water partition coefficient (Wildman–Crippen LogP) is 15.1. The largest absolute Gasteiger partial charge is 0.228 e. The van der Waals surface area contributed by atoms with Crippen LogP contribution in [0.4, 0.5) is 0 Å². The van der Waals surface area contributed by atoms with Crippen LogP contribution in [0, 0.1) is 0 Å². The molecule has 0 unspecified atom stereocenters. The van der Waals surface area contributed by atoms with Gasteiger partial charge in [0.05, 0.1) is 11.4 Å². The van der Waals surface area contributed by atoms with E-state index < -0.39 is 0 Å². The zero-order valence-electron chi connectivity index (χ0n) is 31.7. The predicted molar refractivity (Wildman–Crippen MR) is 245 cm³/mol. The standard InChI is InChI=1S/C56H36N2/c1-3-11-37(12-4-1)38-19-23-41(24-20-38)53-36-54(58-56(57-53)43-14-5-2-6-15-43)48-30-29-45-33-44(27-28-46(45)34-48)39-21-25-42(26-22-39)55-50-18-10-8-16-47(50)35-52-49-17-9-7-13-40(49)31-32-51(52)55/h1-36H. The second-order valence-corrected chi connectivity index (χ2v) is 15.0. The van der Waals surface area contributed by atoms with Crippen molar-refractivity contribution in [2.45, 2.75) is 0 Å². The van der Waals surface area contributed by atoms with Crippen LogP contribution in [0.5, 0.6) is 0 Å². The monoisotopic (exact) mass is 736 g/mol. The smallest absolute Gasteiger partial charge is 0.160 e. The van der Waals surface area contributed by atoms with Gasteiger partial charge in [0.1, 0.15) is 0 Å². The van der Waals surface area contributed by atoms with Crippen molar-refractivity contribution in [1.82, 2.24) is 9.97 Å². The van der Waals surface area contributed by atoms with Crippen molar-refractivity contribution in [2.24, 2.45) is 0 Å². The van der Waals surface area contributed by atoms with E-state index in [-0.39, 0.29) is 0 Å². The van der Waals surface area contributed by atoms with E-state index in [1.54, 1.807) is 0 Å². The molecular formula is C56H36N2. The number of nitrogens with zero attached hydrogens (tertiary/aromatic N) is 2. The molecule has 1 heterocycles. The zero-order valence-corrected chi connectivity index (χ0v) is 31.7. The molecule has 0 saturated heterocycles. The first-order chi connectivity index (χ1) is 28.7. The summed E-state index contributed by atoms with van der Waals surface area (Å²) in [5.41, 5.74) is 12.2. The molecule has 0 saturated carbocycles. The van der Waals surface area contributed by atoms with Crippen LogP contribution in [0.1, 0.15) is 0 Å². The molecule has 2 nitrogen and oxygen atoms in total. The Morgan fingerprint density at radius 2 is 0.707 bits per heavy atom. The lowest BCUT2D eigenvalue weighted by atomic mass is 9.89. The van der Waals surface area contributed by atoms with Gasteiger partial charge in [-0.05, 0) is 101 Å². The minimum absolute atomic E-state index is 0.712. The minimum Gasteiger partial charge on any atom is -0.228 e. The van der Waals surface area contributed by atoms with Gasteiger partial charge in [-0.25, -0.2) is 9.97 Å². The van der Waals surface area contributed by atoms with E-state index in [1.165, 1.54) is 76.5 Å². The van der Waals surface area contributed by atoms with Gasteiger partial charge in [0, 0.05) is 16.7 Å². The highest BCUT2D eigenvalue weighted by Gasteiger charge is 2.14. The summed E-state index contributed by atoms with van der Waals surface area (Å²) in [5, 5.41) is 9.99. The number of hydrogen-bond donors (Lipinski definition) is 0. The maximum atomic E-state index is 5.11. The number of hydrogen-bond acceptors (Lipinski definition) is 2. The Morgan fingerprint density at radius 3 is 1.43 bits per heavy atom. The Morgan fingerprint density at radius 1 is 0.224 bits per heavy atom. The van der Waals surface area contributed by atoms with Gasteiger partial charge in [-0.1, -0.05) is 194 Å². The van der Waals surface area contributed by atoms with Gasteiger partial charge >= 0.3 is 0 Å². The molecule has 0 bridgehead atoms. The topological polar surface area (TPSA) is 25.8 Å². The fourth-order valence-electron chi connectivity index (χ4n) is 8.47. The third-order valence-electron chi connectivity index (χ3n) is 11.5. The molecule has 0 spiro atoms. The molecular weight excluding hydrogens is 701 g/mol. The van der Waals surface area contributed by atoms with Crippen molar-refractivity contribution < 1.29 is 0 Å². The van der Waals surface area contributed by atoms with Crippen molar-refractivity contribution in [3.8, 4) is 67.3 Å². The summed E-state index contributed by atoms with van der Waals surface area (Å²) in [6.07, 6.45) is 0. The van der Waals surface area contributed by atoms with E-state index in [0.29, 0.717) is 5.82 Å². The van der Waals surface area contributed by atoms with Crippen molar-refractivity contribution in [1.29, 1.82) is 0 Å². The molecule has 2 heteroatoms. The van der Waals surface area contributed by atoms with Crippen LogP contribution < -0.4 is 0 Å². The SMILES string of the molecule is c1ccc(-c2ccc(-c3cc(-c4ccc5cc(-c6ccc(-c7c8ccccc8cc8c7ccc7ccccc78)cc6)ccc5c4)nc(-c4ccccc4)n3)cc2)cc1. The van der Waals surface area contributed by atoms with Crippen LogP contribution in [0.3, 0.4) is 0 Å². The summed E-state index contributed by atoms with van der Waals surface area (Å²) >= 11 is 0. The first-order valence-electron chi connectivity index (χ1n) is 19.8.